The van der Waals surface area contributed by atoms with Gasteiger partial charge in [0.05, 0.1) is 11.4 Å². The third-order valence-electron chi connectivity index (χ3n) is 7.30. The molecule has 0 aromatic heterocycles. The van der Waals surface area contributed by atoms with Gasteiger partial charge >= 0.3 is 0 Å². The molecule has 4 aromatic rings. The van der Waals surface area contributed by atoms with E-state index in [1.54, 1.807) is 0 Å². The van der Waals surface area contributed by atoms with E-state index in [2.05, 4.69) is 131 Å². The summed E-state index contributed by atoms with van der Waals surface area (Å²) in [7, 11) is 0. The molecule has 0 aliphatic heterocycles. The lowest BCUT2D eigenvalue weighted by atomic mass is 9.72. The molecule has 4 aromatic carbocycles. The number of rotatable bonds is 5. The van der Waals surface area contributed by atoms with Crippen LogP contribution in [-0.4, -0.2) is 11.5 Å². The normalized spacial score (nSPS) is 13.9. The van der Waals surface area contributed by atoms with Crippen molar-refractivity contribution in [2.75, 3.05) is 4.90 Å². The average molecular weight is 539 g/mol. The summed E-state index contributed by atoms with van der Waals surface area (Å²) >= 11 is 0. The van der Waals surface area contributed by atoms with Crippen molar-refractivity contribution in [2.24, 2.45) is 15.8 Å². The fourth-order valence-electron chi connectivity index (χ4n) is 5.08. The van der Waals surface area contributed by atoms with Crippen LogP contribution in [0.1, 0.15) is 41.5 Å². The summed E-state index contributed by atoms with van der Waals surface area (Å²) in [5.41, 5.74) is 8.32. The van der Waals surface area contributed by atoms with Gasteiger partial charge in [-0.05, 0) is 82.6 Å². The maximum Gasteiger partial charge on any atom is 0.186 e. The molecule has 41 heavy (non-hydrogen) atoms. The predicted molar refractivity (Wildman–Crippen MR) is 174 cm³/mol. The van der Waals surface area contributed by atoms with Crippen LogP contribution >= 0.6 is 0 Å². The van der Waals surface area contributed by atoms with E-state index in [0.717, 1.165) is 39.6 Å². The number of benzene rings is 4. The molecule has 0 unspecified atom stereocenters. The van der Waals surface area contributed by atoms with Crippen LogP contribution in [0.25, 0.3) is 11.1 Å². The summed E-state index contributed by atoms with van der Waals surface area (Å²) in [5, 5.41) is 0. The molecule has 1 aliphatic rings. The largest absolute Gasteiger partial charge is 0.311 e. The summed E-state index contributed by atoms with van der Waals surface area (Å²) in [4.78, 5) is 20.5. The van der Waals surface area contributed by atoms with Crippen molar-refractivity contribution in [1.29, 1.82) is 0 Å². The third-order valence-corrected chi connectivity index (χ3v) is 7.30. The second-order valence-electron chi connectivity index (χ2n) is 12.6. The molecule has 0 fully saturated rings. The Labute approximate surface area is 244 Å². The molecule has 0 spiro atoms. The topological polar surface area (TPSA) is 32.7 Å². The van der Waals surface area contributed by atoms with Gasteiger partial charge in [0.2, 0.25) is 0 Å². The first-order valence-electron chi connectivity index (χ1n) is 14.2. The van der Waals surface area contributed by atoms with Crippen molar-refractivity contribution < 1.29 is 4.79 Å². The fourth-order valence-corrected chi connectivity index (χ4v) is 5.08. The standard InChI is InChI=1S/C38H38N2O/c1-37(2,3)34-25-30(26-35(36(34)41)38(4,5)6)39-29-19-23-33(24-20-29)40(31-15-11-8-12-16-31)32-21-17-28(18-22-32)27-13-9-7-10-14-27/h7-26H,1-6H3. The number of anilines is 3. The number of carbonyl (C=O) groups is 1. The maximum absolute atomic E-state index is 13.3. The van der Waals surface area contributed by atoms with Gasteiger partial charge in [0.25, 0.3) is 0 Å². The van der Waals surface area contributed by atoms with Gasteiger partial charge in [-0.1, -0.05) is 102 Å². The first-order valence-corrected chi connectivity index (χ1v) is 14.2. The Hall–Kier alpha value is -4.50. The van der Waals surface area contributed by atoms with E-state index in [0.29, 0.717) is 0 Å². The van der Waals surface area contributed by atoms with Crippen LogP contribution < -0.4 is 4.90 Å². The van der Waals surface area contributed by atoms with Crippen LogP contribution in [0, 0.1) is 10.8 Å². The second kappa shape index (κ2) is 11.2. The lowest BCUT2D eigenvalue weighted by molar-refractivity contribution is -0.114. The maximum atomic E-state index is 13.3. The quantitative estimate of drug-likeness (QED) is 0.237. The molecule has 3 nitrogen and oxygen atoms in total. The molecule has 0 bridgehead atoms. The van der Waals surface area contributed by atoms with Gasteiger partial charge in [0, 0.05) is 28.2 Å². The molecule has 0 N–H and O–H groups in total. The van der Waals surface area contributed by atoms with Gasteiger partial charge in [0.1, 0.15) is 0 Å². The number of carbonyl (C=O) groups excluding carboxylic acids is 1. The molecular weight excluding hydrogens is 500 g/mol. The molecule has 206 valence electrons. The molecule has 5 rings (SSSR count). The Morgan fingerprint density at radius 1 is 0.512 bits per heavy atom. The number of para-hydroxylation sites is 1. The Kier molecular flexibility index (Phi) is 7.64. The second-order valence-corrected chi connectivity index (χ2v) is 12.6. The molecule has 0 saturated heterocycles. The van der Waals surface area contributed by atoms with Crippen LogP contribution in [0.4, 0.5) is 22.7 Å². The molecule has 0 heterocycles. The Bertz CT molecular complexity index is 1580. The van der Waals surface area contributed by atoms with Gasteiger partial charge < -0.3 is 4.90 Å². The van der Waals surface area contributed by atoms with Crippen LogP contribution in [0.15, 0.2) is 137 Å². The minimum absolute atomic E-state index is 0.121. The van der Waals surface area contributed by atoms with E-state index < -0.39 is 0 Å². The zero-order chi connectivity index (χ0) is 29.2. The van der Waals surface area contributed by atoms with Crippen molar-refractivity contribution in [3.05, 3.63) is 132 Å². The number of ketones is 1. The zero-order valence-corrected chi connectivity index (χ0v) is 24.8. The van der Waals surface area contributed by atoms with Gasteiger partial charge in [-0.25, -0.2) is 4.99 Å². The summed E-state index contributed by atoms with van der Waals surface area (Å²) in [5.74, 6) is 0.121. The Morgan fingerprint density at radius 2 is 0.927 bits per heavy atom. The van der Waals surface area contributed by atoms with E-state index in [4.69, 9.17) is 4.99 Å². The fraction of sp³-hybridized carbons (Fsp3) is 0.211. The van der Waals surface area contributed by atoms with Gasteiger partial charge in [-0.15, -0.1) is 0 Å². The summed E-state index contributed by atoms with van der Waals surface area (Å²) in [6.45, 7) is 12.5. The van der Waals surface area contributed by atoms with E-state index in [-0.39, 0.29) is 16.6 Å². The monoisotopic (exact) mass is 538 g/mol. The summed E-state index contributed by atoms with van der Waals surface area (Å²) in [6, 6.07) is 37.8. The van der Waals surface area contributed by atoms with Crippen molar-refractivity contribution in [3.8, 4) is 11.1 Å². The van der Waals surface area contributed by atoms with Crippen LogP contribution in [0.2, 0.25) is 0 Å². The minimum Gasteiger partial charge on any atom is -0.311 e. The van der Waals surface area contributed by atoms with Crippen molar-refractivity contribution in [1.82, 2.24) is 0 Å². The summed E-state index contributed by atoms with van der Waals surface area (Å²) < 4.78 is 0. The van der Waals surface area contributed by atoms with E-state index >= 15 is 0 Å². The van der Waals surface area contributed by atoms with Crippen LogP contribution in [0.3, 0.4) is 0 Å². The first kappa shape index (κ1) is 28.0. The van der Waals surface area contributed by atoms with E-state index in [1.165, 1.54) is 11.1 Å². The lowest BCUT2D eigenvalue weighted by Gasteiger charge is -2.31. The van der Waals surface area contributed by atoms with Crippen LogP contribution in [-0.2, 0) is 4.79 Å². The number of hydrogen-bond acceptors (Lipinski definition) is 3. The van der Waals surface area contributed by atoms with Crippen molar-refractivity contribution >= 4 is 34.2 Å². The van der Waals surface area contributed by atoms with Crippen LogP contribution in [0.5, 0.6) is 0 Å². The highest BCUT2D eigenvalue weighted by molar-refractivity contribution is 6.23. The highest BCUT2D eigenvalue weighted by Gasteiger charge is 2.34. The molecule has 3 heteroatoms. The molecule has 0 atom stereocenters. The Morgan fingerprint density at radius 3 is 1.41 bits per heavy atom. The van der Waals surface area contributed by atoms with E-state index in [9.17, 15) is 4.79 Å². The molecular formula is C38H38N2O. The zero-order valence-electron chi connectivity index (χ0n) is 24.8. The molecule has 1 aliphatic carbocycles. The molecule has 0 radical (unpaired) electrons. The van der Waals surface area contributed by atoms with Crippen molar-refractivity contribution in [2.45, 2.75) is 41.5 Å². The summed E-state index contributed by atoms with van der Waals surface area (Å²) in [6.07, 6.45) is 3.91. The molecule has 0 amide bonds. The number of aliphatic imine (C=N–C) groups is 1. The van der Waals surface area contributed by atoms with Gasteiger partial charge in [-0.2, -0.15) is 0 Å². The molecule has 0 saturated carbocycles. The smallest absolute Gasteiger partial charge is 0.186 e. The third kappa shape index (κ3) is 6.30. The number of Topliss-reactive ketones (excluding diaryl/α,β-unsaturated/α-hetero) is 1. The highest BCUT2D eigenvalue weighted by Crippen LogP contribution is 2.39. The number of hydrogen-bond donors (Lipinski definition) is 0. The minimum atomic E-state index is -0.265. The van der Waals surface area contributed by atoms with Crippen molar-refractivity contribution in [3.63, 3.8) is 0 Å². The van der Waals surface area contributed by atoms with E-state index in [1.807, 2.05) is 36.4 Å². The van der Waals surface area contributed by atoms with Gasteiger partial charge in [-0.3, -0.25) is 4.79 Å². The van der Waals surface area contributed by atoms with Gasteiger partial charge in [0.15, 0.2) is 5.78 Å². The number of allylic oxidation sites excluding steroid dienone is 4. The average Bonchev–Trinajstić information content (AvgIpc) is 2.95. The highest BCUT2D eigenvalue weighted by atomic mass is 16.1. The SMILES string of the molecule is CC(C)(C)C1=CC(=Nc2ccc(N(c3ccccc3)c3ccc(-c4ccccc4)cc3)cc2)C=C(C(C)(C)C)C1=O. The number of nitrogens with zero attached hydrogens (tertiary/aromatic N) is 2. The lowest BCUT2D eigenvalue weighted by Crippen LogP contribution is -2.29. The Balaban J connectivity index is 1.50. The predicted octanol–water partition coefficient (Wildman–Crippen LogP) is 10.4. The first-order chi connectivity index (χ1) is 19.5.